The first-order valence-electron chi connectivity index (χ1n) is 10.1. The summed E-state index contributed by atoms with van der Waals surface area (Å²) in [4.78, 5) is 20.1. The highest BCUT2D eigenvalue weighted by molar-refractivity contribution is 7.21. The Morgan fingerprint density at radius 1 is 1.33 bits per heavy atom. The first-order chi connectivity index (χ1) is 14.1. The smallest absolute Gasteiger partial charge is 0.268 e. The summed E-state index contributed by atoms with van der Waals surface area (Å²) >= 11 is 2.85. The molecule has 5 nitrogen and oxygen atoms in total. The number of thiophene rings is 2. The molecule has 3 heterocycles. The molecule has 156 valence electrons. The summed E-state index contributed by atoms with van der Waals surface area (Å²) in [5.74, 6) is 0.310. The Kier molecular flexibility index (Phi) is 5.11. The molecule has 0 saturated carbocycles. The van der Waals surface area contributed by atoms with Crippen LogP contribution in [0.25, 0.3) is 10.2 Å². The van der Waals surface area contributed by atoms with Crippen molar-refractivity contribution in [2.75, 3.05) is 11.1 Å². The minimum atomic E-state index is -0.268. The zero-order valence-corrected chi connectivity index (χ0v) is 19.6. The van der Waals surface area contributed by atoms with Gasteiger partial charge in [-0.2, -0.15) is 5.26 Å². The number of nitriles is 1. The average molecular weight is 439 g/mol. The van der Waals surface area contributed by atoms with Crippen LogP contribution in [0.5, 0.6) is 0 Å². The summed E-state index contributed by atoms with van der Waals surface area (Å²) in [6, 6.07) is 4.30. The molecular formula is C23H26N4OS2. The van der Waals surface area contributed by atoms with Crippen molar-refractivity contribution in [1.29, 1.82) is 5.26 Å². The monoisotopic (exact) mass is 438 g/mol. The van der Waals surface area contributed by atoms with Gasteiger partial charge >= 0.3 is 0 Å². The Morgan fingerprint density at radius 3 is 2.73 bits per heavy atom. The van der Waals surface area contributed by atoms with Gasteiger partial charge < -0.3 is 11.1 Å². The largest absolute Gasteiger partial charge is 0.397 e. The molecule has 4 rings (SSSR count). The summed E-state index contributed by atoms with van der Waals surface area (Å²) in [5, 5.41) is 14.2. The van der Waals surface area contributed by atoms with Gasteiger partial charge in [0.1, 0.15) is 20.8 Å². The summed E-state index contributed by atoms with van der Waals surface area (Å²) in [7, 11) is 0. The van der Waals surface area contributed by atoms with Crippen LogP contribution in [0.1, 0.15) is 64.1 Å². The third kappa shape index (κ3) is 3.48. The van der Waals surface area contributed by atoms with Gasteiger partial charge in [0.25, 0.3) is 5.91 Å². The number of rotatable bonds is 2. The number of pyridine rings is 1. The number of nitrogens with two attached hydrogens (primary N) is 1. The fourth-order valence-corrected chi connectivity index (χ4v) is 6.71. The van der Waals surface area contributed by atoms with Crippen LogP contribution in [0.15, 0.2) is 6.07 Å². The van der Waals surface area contributed by atoms with E-state index in [1.807, 2.05) is 19.9 Å². The number of carbonyl (C=O) groups is 1. The van der Waals surface area contributed by atoms with Crippen LogP contribution in [0.2, 0.25) is 0 Å². The van der Waals surface area contributed by atoms with Crippen LogP contribution in [0.3, 0.4) is 0 Å². The molecule has 1 amide bonds. The molecule has 0 fully saturated rings. The standard InChI is InChI=1S/C23H26N4OS2/c1-11-8-12(2)26-22-17(11)18(25)19(30-22)20(28)27-21-15(10-24)14-7-6-13(23(3,4)5)9-16(14)29-21/h8,13H,6-7,9,25H2,1-5H3,(H,27,28). The van der Waals surface area contributed by atoms with Crippen LogP contribution in [-0.2, 0) is 12.8 Å². The van der Waals surface area contributed by atoms with Gasteiger partial charge in [0.2, 0.25) is 0 Å². The van der Waals surface area contributed by atoms with E-state index in [1.54, 1.807) is 11.3 Å². The maximum atomic E-state index is 13.1. The Hall–Kier alpha value is -2.43. The zero-order valence-electron chi connectivity index (χ0n) is 18.0. The molecule has 0 radical (unpaired) electrons. The van der Waals surface area contributed by atoms with Crippen molar-refractivity contribution in [3.63, 3.8) is 0 Å². The van der Waals surface area contributed by atoms with Gasteiger partial charge in [0.05, 0.1) is 11.3 Å². The summed E-state index contributed by atoms with van der Waals surface area (Å²) in [6.07, 6.45) is 2.92. The molecule has 1 aliphatic rings. The van der Waals surface area contributed by atoms with E-state index in [-0.39, 0.29) is 11.3 Å². The second-order valence-corrected chi connectivity index (χ2v) is 11.3. The molecule has 0 saturated heterocycles. The molecule has 7 heteroatoms. The fourth-order valence-electron chi connectivity index (χ4n) is 4.33. The predicted molar refractivity (Wildman–Crippen MR) is 125 cm³/mol. The van der Waals surface area contributed by atoms with E-state index < -0.39 is 0 Å². The average Bonchev–Trinajstić information content (AvgIpc) is 3.17. The molecule has 3 aromatic rings. The van der Waals surface area contributed by atoms with Gasteiger partial charge in [0.15, 0.2) is 0 Å². The number of nitrogen functional groups attached to an aromatic ring is 1. The predicted octanol–water partition coefficient (Wildman–Crippen LogP) is 5.83. The lowest BCUT2D eigenvalue weighted by Gasteiger charge is -2.33. The number of anilines is 2. The number of aryl methyl sites for hydroxylation is 2. The van der Waals surface area contributed by atoms with Crippen LogP contribution in [0, 0.1) is 36.5 Å². The van der Waals surface area contributed by atoms with Gasteiger partial charge in [-0.15, -0.1) is 22.7 Å². The van der Waals surface area contributed by atoms with E-state index in [1.165, 1.54) is 16.2 Å². The molecule has 3 N–H and O–H groups in total. The van der Waals surface area contributed by atoms with Crippen LogP contribution < -0.4 is 11.1 Å². The van der Waals surface area contributed by atoms with Crippen molar-refractivity contribution in [3.8, 4) is 6.07 Å². The van der Waals surface area contributed by atoms with Gasteiger partial charge in [-0.25, -0.2) is 4.98 Å². The first kappa shape index (κ1) is 20.8. The number of carbonyl (C=O) groups excluding carboxylic acids is 1. The summed E-state index contributed by atoms with van der Waals surface area (Å²) in [6.45, 7) is 10.7. The normalized spacial score (nSPS) is 16.3. The summed E-state index contributed by atoms with van der Waals surface area (Å²) < 4.78 is 0. The molecular weight excluding hydrogens is 412 g/mol. The van der Waals surface area contributed by atoms with E-state index in [9.17, 15) is 10.1 Å². The molecule has 0 aliphatic heterocycles. The van der Waals surface area contributed by atoms with Gasteiger partial charge in [-0.3, -0.25) is 4.79 Å². The van der Waals surface area contributed by atoms with Crippen LogP contribution >= 0.6 is 22.7 Å². The number of hydrogen-bond acceptors (Lipinski definition) is 6. The molecule has 0 spiro atoms. The molecule has 30 heavy (non-hydrogen) atoms. The number of hydrogen-bond donors (Lipinski definition) is 2. The number of aromatic nitrogens is 1. The van der Waals surface area contributed by atoms with E-state index in [2.05, 4.69) is 37.1 Å². The molecule has 1 atom stereocenters. The molecule has 3 aromatic heterocycles. The lowest BCUT2D eigenvalue weighted by Crippen LogP contribution is -2.26. The Labute approximate surface area is 184 Å². The van der Waals surface area contributed by atoms with Crippen molar-refractivity contribution in [2.45, 2.75) is 53.9 Å². The lowest BCUT2D eigenvalue weighted by atomic mass is 9.72. The van der Waals surface area contributed by atoms with Crippen molar-refractivity contribution >= 4 is 49.5 Å². The number of nitrogens with zero attached hydrogens (tertiary/aromatic N) is 2. The summed E-state index contributed by atoms with van der Waals surface area (Å²) in [5.41, 5.74) is 10.7. The minimum absolute atomic E-state index is 0.229. The Morgan fingerprint density at radius 2 is 2.07 bits per heavy atom. The highest BCUT2D eigenvalue weighted by Crippen LogP contribution is 2.44. The zero-order chi connectivity index (χ0) is 21.8. The minimum Gasteiger partial charge on any atom is -0.397 e. The van der Waals surface area contributed by atoms with E-state index in [0.29, 0.717) is 27.0 Å². The Balaban J connectivity index is 1.67. The van der Waals surface area contributed by atoms with Gasteiger partial charge in [0, 0.05) is 16.0 Å². The first-order valence-corrected chi connectivity index (χ1v) is 11.8. The maximum Gasteiger partial charge on any atom is 0.268 e. The molecule has 0 aromatic carbocycles. The molecule has 1 aliphatic carbocycles. The molecule has 1 unspecified atom stereocenters. The maximum absolute atomic E-state index is 13.1. The number of nitrogens with one attached hydrogen (secondary N) is 1. The van der Waals surface area contributed by atoms with Crippen LogP contribution in [0.4, 0.5) is 10.7 Å². The second-order valence-electron chi connectivity index (χ2n) is 9.19. The van der Waals surface area contributed by atoms with Gasteiger partial charge in [-0.1, -0.05) is 20.8 Å². The van der Waals surface area contributed by atoms with E-state index >= 15 is 0 Å². The highest BCUT2D eigenvalue weighted by atomic mass is 32.1. The van der Waals surface area contributed by atoms with Gasteiger partial charge in [-0.05, 0) is 61.6 Å². The quantitative estimate of drug-likeness (QED) is 0.526. The third-order valence-corrected chi connectivity index (χ3v) is 8.33. The Bertz CT molecular complexity index is 1210. The second kappa shape index (κ2) is 7.36. The lowest BCUT2D eigenvalue weighted by molar-refractivity contribution is 0.103. The van der Waals surface area contributed by atoms with Crippen molar-refractivity contribution in [3.05, 3.63) is 38.2 Å². The third-order valence-electron chi connectivity index (χ3n) is 6.06. The topological polar surface area (TPSA) is 91.8 Å². The molecule has 0 bridgehead atoms. The van der Waals surface area contributed by atoms with Crippen molar-refractivity contribution in [2.24, 2.45) is 11.3 Å². The van der Waals surface area contributed by atoms with E-state index in [0.717, 1.165) is 46.3 Å². The number of amides is 1. The fraction of sp³-hybridized carbons (Fsp3) is 0.435. The van der Waals surface area contributed by atoms with Crippen molar-refractivity contribution in [1.82, 2.24) is 4.98 Å². The van der Waals surface area contributed by atoms with E-state index in [4.69, 9.17) is 5.73 Å². The SMILES string of the molecule is Cc1cc(C)c2c(N)c(C(=O)Nc3sc4c(c3C#N)CCC(C(C)(C)C)C4)sc2n1. The highest BCUT2D eigenvalue weighted by Gasteiger charge is 2.32. The van der Waals surface area contributed by atoms with Crippen LogP contribution in [-0.4, -0.2) is 10.9 Å². The number of fused-ring (bicyclic) bond motifs is 2. The van der Waals surface area contributed by atoms with Crippen molar-refractivity contribution < 1.29 is 4.79 Å².